The predicted octanol–water partition coefficient (Wildman–Crippen LogP) is 3.10. The molecular formula is C24H32ClN3O5S. The van der Waals surface area contributed by atoms with Gasteiger partial charge in [-0.25, -0.2) is 8.42 Å². The fraction of sp³-hybridized carbons (Fsp3) is 0.417. The Morgan fingerprint density at radius 1 is 1.09 bits per heavy atom. The number of halogens is 1. The molecular weight excluding hydrogens is 478 g/mol. The number of hydrogen-bond acceptors (Lipinski definition) is 5. The number of hydrogen-bond donors (Lipinski definition) is 1. The summed E-state index contributed by atoms with van der Waals surface area (Å²) >= 11 is 6.10. The van der Waals surface area contributed by atoms with Gasteiger partial charge in [0.15, 0.2) is 0 Å². The lowest BCUT2D eigenvalue weighted by atomic mass is 10.1. The van der Waals surface area contributed by atoms with Crippen LogP contribution in [-0.4, -0.2) is 63.7 Å². The molecule has 0 radical (unpaired) electrons. The van der Waals surface area contributed by atoms with E-state index in [0.29, 0.717) is 11.4 Å². The molecule has 0 fully saturated rings. The molecule has 0 aliphatic carbocycles. The maximum Gasteiger partial charge on any atom is 0.244 e. The van der Waals surface area contributed by atoms with Crippen molar-refractivity contribution in [2.24, 2.45) is 0 Å². The van der Waals surface area contributed by atoms with E-state index in [2.05, 4.69) is 5.32 Å². The summed E-state index contributed by atoms with van der Waals surface area (Å²) in [7, 11) is -2.48. The molecule has 1 N–H and O–H groups in total. The van der Waals surface area contributed by atoms with Crippen LogP contribution in [0.1, 0.15) is 26.3 Å². The largest absolute Gasteiger partial charge is 0.495 e. The Kier molecular flexibility index (Phi) is 9.76. The van der Waals surface area contributed by atoms with Gasteiger partial charge in [0.1, 0.15) is 18.3 Å². The highest BCUT2D eigenvalue weighted by Gasteiger charge is 2.31. The van der Waals surface area contributed by atoms with Crippen LogP contribution in [-0.2, 0) is 26.0 Å². The molecule has 0 aliphatic heterocycles. The average molecular weight is 510 g/mol. The van der Waals surface area contributed by atoms with Crippen molar-refractivity contribution in [1.82, 2.24) is 10.2 Å². The van der Waals surface area contributed by atoms with E-state index in [1.165, 1.54) is 24.1 Å². The summed E-state index contributed by atoms with van der Waals surface area (Å²) in [6.45, 7) is 5.02. The van der Waals surface area contributed by atoms with Crippen molar-refractivity contribution in [3.63, 3.8) is 0 Å². The van der Waals surface area contributed by atoms with Gasteiger partial charge in [0, 0.05) is 17.6 Å². The van der Waals surface area contributed by atoms with Gasteiger partial charge >= 0.3 is 0 Å². The highest BCUT2D eigenvalue weighted by Crippen LogP contribution is 2.32. The molecule has 0 aliphatic rings. The summed E-state index contributed by atoms with van der Waals surface area (Å²) in [5.74, 6) is -0.582. The fourth-order valence-electron chi connectivity index (χ4n) is 3.43. The number of sulfonamides is 1. The maximum absolute atomic E-state index is 13.5. The van der Waals surface area contributed by atoms with Crippen LogP contribution in [0.3, 0.4) is 0 Å². The second kappa shape index (κ2) is 12.1. The summed E-state index contributed by atoms with van der Waals surface area (Å²) in [5, 5.41) is 3.11. The molecule has 0 spiro atoms. The van der Waals surface area contributed by atoms with Crippen molar-refractivity contribution in [3.8, 4) is 5.75 Å². The number of carbonyl (C=O) groups is 2. The Hall–Kier alpha value is -2.78. The smallest absolute Gasteiger partial charge is 0.244 e. The first-order valence-electron chi connectivity index (χ1n) is 10.9. The molecule has 186 valence electrons. The molecule has 2 aromatic rings. The molecule has 8 nitrogen and oxygen atoms in total. The zero-order valence-electron chi connectivity index (χ0n) is 20.1. The number of ether oxygens (including phenoxy) is 1. The normalized spacial score (nSPS) is 12.2. The van der Waals surface area contributed by atoms with Gasteiger partial charge in [-0.15, -0.1) is 0 Å². The van der Waals surface area contributed by atoms with Gasteiger partial charge < -0.3 is 15.0 Å². The quantitative estimate of drug-likeness (QED) is 0.502. The second-order valence-corrected chi connectivity index (χ2v) is 10.6. The minimum absolute atomic E-state index is 0.107. The minimum Gasteiger partial charge on any atom is -0.495 e. The van der Waals surface area contributed by atoms with Gasteiger partial charge in [0.05, 0.1) is 19.1 Å². The summed E-state index contributed by atoms with van der Waals surface area (Å²) in [6, 6.07) is 13.2. The molecule has 1 unspecified atom stereocenters. The third kappa shape index (κ3) is 7.63. The van der Waals surface area contributed by atoms with Crippen molar-refractivity contribution in [3.05, 3.63) is 59.1 Å². The highest BCUT2D eigenvalue weighted by atomic mass is 35.5. The Bertz CT molecular complexity index is 1090. The lowest BCUT2D eigenvalue weighted by Crippen LogP contribution is -2.53. The number of nitrogens with zero attached hydrogens (tertiary/aromatic N) is 2. The van der Waals surface area contributed by atoms with Crippen LogP contribution in [0.4, 0.5) is 5.69 Å². The standard InChI is InChI=1S/C24H32ClN3O5S/c1-17(2)26-24(30)18(3)27(14-13-19-9-7-6-8-10-19)23(29)16-28(34(5,31)32)21-15-20(25)11-12-22(21)33-4/h6-12,15,17-18H,13-14,16H2,1-5H3,(H,26,30). The Labute approximate surface area is 206 Å². The first-order chi connectivity index (χ1) is 15.9. The number of amides is 2. The van der Waals surface area contributed by atoms with E-state index in [4.69, 9.17) is 16.3 Å². The number of anilines is 1. The lowest BCUT2D eigenvalue weighted by molar-refractivity contribution is -0.139. The SMILES string of the molecule is COc1ccc(Cl)cc1N(CC(=O)N(CCc1ccccc1)C(C)C(=O)NC(C)C)S(C)(=O)=O. The predicted molar refractivity (Wildman–Crippen MR) is 135 cm³/mol. The summed E-state index contributed by atoms with van der Waals surface area (Å²) in [4.78, 5) is 27.6. The molecule has 34 heavy (non-hydrogen) atoms. The van der Waals surface area contributed by atoms with Gasteiger partial charge in [-0.05, 0) is 51.0 Å². The first-order valence-corrected chi connectivity index (χ1v) is 13.1. The van der Waals surface area contributed by atoms with E-state index < -0.39 is 28.5 Å². The topological polar surface area (TPSA) is 96.0 Å². The molecule has 2 aromatic carbocycles. The zero-order valence-corrected chi connectivity index (χ0v) is 21.7. The summed E-state index contributed by atoms with van der Waals surface area (Å²) < 4.78 is 31.6. The van der Waals surface area contributed by atoms with Crippen LogP contribution in [0.15, 0.2) is 48.5 Å². The molecule has 0 aromatic heterocycles. The van der Waals surface area contributed by atoms with E-state index in [1.54, 1.807) is 13.0 Å². The minimum atomic E-state index is -3.88. The molecule has 10 heteroatoms. The van der Waals surface area contributed by atoms with E-state index >= 15 is 0 Å². The van der Waals surface area contributed by atoms with Crippen LogP contribution in [0.2, 0.25) is 5.02 Å². The molecule has 2 rings (SSSR count). The van der Waals surface area contributed by atoms with Gasteiger partial charge in [0.25, 0.3) is 0 Å². The summed E-state index contributed by atoms with van der Waals surface area (Å²) in [6.07, 6.45) is 1.51. The van der Waals surface area contributed by atoms with Gasteiger partial charge in [-0.3, -0.25) is 13.9 Å². The molecule has 0 saturated heterocycles. The van der Waals surface area contributed by atoms with Crippen LogP contribution < -0.4 is 14.4 Å². The maximum atomic E-state index is 13.5. The van der Waals surface area contributed by atoms with Gasteiger partial charge in [0.2, 0.25) is 21.8 Å². The van der Waals surface area contributed by atoms with Crippen LogP contribution in [0, 0.1) is 0 Å². The van der Waals surface area contributed by atoms with E-state index in [9.17, 15) is 18.0 Å². The first kappa shape index (κ1) is 27.5. The van der Waals surface area contributed by atoms with Crippen LogP contribution >= 0.6 is 11.6 Å². The van der Waals surface area contributed by atoms with E-state index in [-0.39, 0.29) is 29.9 Å². The van der Waals surface area contributed by atoms with Gasteiger partial charge in [-0.2, -0.15) is 0 Å². The molecule has 0 saturated carbocycles. The molecule has 0 bridgehead atoms. The number of rotatable bonds is 11. The molecule has 2 amide bonds. The van der Waals surface area contributed by atoms with E-state index in [0.717, 1.165) is 16.1 Å². The van der Waals surface area contributed by atoms with Crippen molar-refractivity contribution in [1.29, 1.82) is 0 Å². The van der Waals surface area contributed by atoms with Crippen molar-refractivity contribution in [2.75, 3.05) is 30.8 Å². The molecule has 1 atom stereocenters. The Balaban J connectivity index is 2.38. The highest BCUT2D eigenvalue weighted by molar-refractivity contribution is 7.92. The number of benzene rings is 2. The number of nitrogens with one attached hydrogen (secondary N) is 1. The van der Waals surface area contributed by atoms with Crippen molar-refractivity contribution in [2.45, 2.75) is 39.3 Å². The van der Waals surface area contributed by atoms with E-state index in [1.807, 2.05) is 44.2 Å². The second-order valence-electron chi connectivity index (χ2n) is 8.25. The van der Waals surface area contributed by atoms with Crippen LogP contribution in [0.25, 0.3) is 0 Å². The van der Waals surface area contributed by atoms with Crippen LogP contribution in [0.5, 0.6) is 5.75 Å². The van der Waals surface area contributed by atoms with Gasteiger partial charge in [-0.1, -0.05) is 41.9 Å². The van der Waals surface area contributed by atoms with Crippen molar-refractivity contribution >= 4 is 39.1 Å². The summed E-state index contributed by atoms with van der Waals surface area (Å²) in [5.41, 5.74) is 1.14. The Morgan fingerprint density at radius 3 is 2.29 bits per heavy atom. The Morgan fingerprint density at radius 2 is 1.74 bits per heavy atom. The zero-order chi connectivity index (χ0) is 25.5. The van der Waals surface area contributed by atoms with Crippen molar-refractivity contribution < 1.29 is 22.7 Å². The monoisotopic (exact) mass is 509 g/mol. The lowest BCUT2D eigenvalue weighted by Gasteiger charge is -2.32. The third-order valence-electron chi connectivity index (χ3n) is 5.17. The molecule has 0 heterocycles. The number of carbonyl (C=O) groups excluding carboxylic acids is 2. The third-order valence-corrected chi connectivity index (χ3v) is 6.53. The number of methoxy groups -OCH3 is 1. The fourth-order valence-corrected chi connectivity index (χ4v) is 4.44. The average Bonchev–Trinajstić information content (AvgIpc) is 2.76.